The van der Waals surface area contributed by atoms with Gasteiger partial charge >= 0.3 is 0 Å². The number of hydrogen-bond donors (Lipinski definition) is 0. The topological polar surface area (TPSA) is 54.5 Å². The van der Waals surface area contributed by atoms with Crippen LogP contribution in [-0.2, 0) is 14.4 Å². The van der Waals surface area contributed by atoms with E-state index in [1.807, 2.05) is 6.92 Å². The first-order valence-corrected chi connectivity index (χ1v) is 7.87. The summed E-state index contributed by atoms with van der Waals surface area (Å²) in [5.74, 6) is 0.100. The number of ketones is 2. The van der Waals surface area contributed by atoms with E-state index in [2.05, 4.69) is 6.58 Å². The zero-order valence-electron chi connectivity index (χ0n) is 13.1. The van der Waals surface area contributed by atoms with E-state index in [0.717, 1.165) is 12.8 Å². The van der Waals surface area contributed by atoms with E-state index in [-0.39, 0.29) is 29.3 Å². The highest BCUT2D eigenvalue weighted by Crippen LogP contribution is 2.48. The quantitative estimate of drug-likeness (QED) is 0.577. The Hall–Kier alpha value is -1.45. The molecule has 116 valence electrons. The Balaban J connectivity index is 2.20. The van der Waals surface area contributed by atoms with E-state index < -0.39 is 5.41 Å². The maximum absolute atomic E-state index is 12.9. The fraction of sp³-hybridized carbons (Fsp3) is 0.706. The highest BCUT2D eigenvalue weighted by Gasteiger charge is 2.58. The van der Waals surface area contributed by atoms with Crippen LogP contribution in [-0.4, -0.2) is 35.5 Å². The first-order chi connectivity index (χ1) is 9.93. The van der Waals surface area contributed by atoms with Crippen LogP contribution in [0.3, 0.4) is 0 Å². The molecule has 2 fully saturated rings. The van der Waals surface area contributed by atoms with Crippen LogP contribution in [0.5, 0.6) is 0 Å². The molecule has 0 aromatic rings. The third kappa shape index (κ3) is 2.68. The Kier molecular flexibility index (Phi) is 4.64. The van der Waals surface area contributed by atoms with Crippen LogP contribution >= 0.6 is 0 Å². The normalized spacial score (nSPS) is 32.8. The summed E-state index contributed by atoms with van der Waals surface area (Å²) in [6.45, 7) is 8.39. The molecular weight excluding hydrogens is 266 g/mol. The fourth-order valence-corrected chi connectivity index (χ4v) is 3.98. The zero-order chi connectivity index (χ0) is 15.6. The molecule has 3 unspecified atom stereocenters. The molecule has 1 spiro atoms. The molecule has 2 rings (SSSR count). The van der Waals surface area contributed by atoms with Gasteiger partial charge in [-0.3, -0.25) is 9.59 Å². The average molecular weight is 291 g/mol. The third-order valence-electron chi connectivity index (χ3n) is 5.13. The number of likely N-dealkylation sites (tertiary alicyclic amines) is 1. The van der Waals surface area contributed by atoms with Crippen LogP contribution in [0.4, 0.5) is 0 Å². The van der Waals surface area contributed by atoms with Crippen molar-refractivity contribution in [1.82, 2.24) is 4.90 Å². The zero-order valence-corrected chi connectivity index (χ0v) is 13.1. The van der Waals surface area contributed by atoms with Gasteiger partial charge in [0.25, 0.3) is 0 Å². The number of Topliss-reactive ketones (excluding diaryl/α,β-unsaturated/α-hetero) is 2. The molecule has 0 aromatic carbocycles. The van der Waals surface area contributed by atoms with E-state index in [9.17, 15) is 14.4 Å². The summed E-state index contributed by atoms with van der Waals surface area (Å²) in [7, 11) is 0. The van der Waals surface area contributed by atoms with Crippen molar-refractivity contribution in [3.05, 3.63) is 12.7 Å². The van der Waals surface area contributed by atoms with Crippen molar-refractivity contribution in [3.8, 4) is 0 Å². The number of nitrogens with zero attached hydrogens (tertiary/aromatic N) is 1. The number of carbonyl (C=O) groups excluding carboxylic acids is 3. The van der Waals surface area contributed by atoms with Gasteiger partial charge in [-0.2, -0.15) is 0 Å². The summed E-state index contributed by atoms with van der Waals surface area (Å²) in [5.41, 5.74) is -0.831. The summed E-state index contributed by atoms with van der Waals surface area (Å²) in [4.78, 5) is 38.6. The highest BCUT2D eigenvalue weighted by atomic mass is 16.2. The molecule has 1 amide bonds. The lowest BCUT2D eigenvalue weighted by molar-refractivity contribution is -0.150. The molecule has 21 heavy (non-hydrogen) atoms. The summed E-state index contributed by atoms with van der Waals surface area (Å²) in [6, 6.07) is 0. The second kappa shape index (κ2) is 6.12. The van der Waals surface area contributed by atoms with Gasteiger partial charge in [-0.05, 0) is 32.1 Å². The highest BCUT2D eigenvalue weighted by molar-refractivity contribution is 6.09. The SMILES string of the molecule is C=CCN1CC(C)C2(CCCC(CCC(C)=O)C2=O)C1=O. The van der Waals surface area contributed by atoms with Crippen LogP contribution < -0.4 is 0 Å². The second-order valence-corrected chi connectivity index (χ2v) is 6.57. The number of amides is 1. The fourth-order valence-electron chi connectivity index (χ4n) is 3.98. The Bertz CT molecular complexity index is 471. The van der Waals surface area contributed by atoms with Gasteiger partial charge < -0.3 is 9.69 Å². The van der Waals surface area contributed by atoms with Crippen LogP contribution in [0.15, 0.2) is 12.7 Å². The molecule has 1 aliphatic carbocycles. The van der Waals surface area contributed by atoms with E-state index in [1.165, 1.54) is 0 Å². The van der Waals surface area contributed by atoms with Crippen LogP contribution in [0.25, 0.3) is 0 Å². The summed E-state index contributed by atoms with van der Waals surface area (Å²) in [5, 5.41) is 0. The van der Waals surface area contributed by atoms with Crippen molar-refractivity contribution < 1.29 is 14.4 Å². The lowest BCUT2D eigenvalue weighted by Gasteiger charge is -2.37. The summed E-state index contributed by atoms with van der Waals surface area (Å²) < 4.78 is 0. The molecule has 3 atom stereocenters. The molecule has 1 saturated carbocycles. The molecular formula is C17H25NO3. The Labute approximate surface area is 126 Å². The van der Waals surface area contributed by atoms with Crippen molar-refractivity contribution in [2.24, 2.45) is 17.3 Å². The average Bonchev–Trinajstić information content (AvgIpc) is 2.66. The van der Waals surface area contributed by atoms with Crippen molar-refractivity contribution in [1.29, 1.82) is 0 Å². The maximum atomic E-state index is 12.9. The van der Waals surface area contributed by atoms with E-state index in [1.54, 1.807) is 17.9 Å². The Morgan fingerprint density at radius 3 is 2.81 bits per heavy atom. The third-order valence-corrected chi connectivity index (χ3v) is 5.13. The first-order valence-electron chi connectivity index (χ1n) is 7.87. The maximum Gasteiger partial charge on any atom is 0.236 e. The molecule has 1 aliphatic heterocycles. The predicted octanol–water partition coefficient (Wildman–Crippen LogP) is 2.38. The molecule has 0 aromatic heterocycles. The van der Waals surface area contributed by atoms with Gasteiger partial charge in [0.1, 0.15) is 11.2 Å². The minimum Gasteiger partial charge on any atom is -0.338 e. The van der Waals surface area contributed by atoms with Gasteiger partial charge in [0, 0.05) is 25.4 Å². The van der Waals surface area contributed by atoms with E-state index in [4.69, 9.17) is 0 Å². The minimum atomic E-state index is -0.831. The number of carbonyl (C=O) groups is 3. The van der Waals surface area contributed by atoms with Gasteiger partial charge in [0.2, 0.25) is 5.91 Å². The van der Waals surface area contributed by atoms with Gasteiger partial charge in [-0.1, -0.05) is 19.4 Å². The number of rotatable bonds is 5. The minimum absolute atomic E-state index is 0.0209. The standard InChI is InChI=1S/C17H25NO3/c1-4-10-18-11-12(2)17(16(18)21)9-5-6-14(15(17)20)8-7-13(3)19/h4,12,14H,1,5-11H2,2-3H3. The molecule has 0 bridgehead atoms. The first kappa shape index (κ1) is 15.9. The molecule has 4 heteroatoms. The molecule has 4 nitrogen and oxygen atoms in total. The van der Waals surface area contributed by atoms with Gasteiger partial charge in [-0.15, -0.1) is 6.58 Å². The Morgan fingerprint density at radius 2 is 2.19 bits per heavy atom. The van der Waals surface area contributed by atoms with Gasteiger partial charge in [-0.25, -0.2) is 0 Å². The summed E-state index contributed by atoms with van der Waals surface area (Å²) >= 11 is 0. The van der Waals surface area contributed by atoms with E-state index in [0.29, 0.717) is 32.4 Å². The molecule has 1 saturated heterocycles. The lowest BCUT2D eigenvalue weighted by atomic mass is 9.62. The van der Waals surface area contributed by atoms with Crippen LogP contribution in [0, 0.1) is 17.3 Å². The molecule has 2 aliphatic rings. The predicted molar refractivity (Wildman–Crippen MR) is 80.6 cm³/mol. The molecule has 1 heterocycles. The van der Waals surface area contributed by atoms with Gasteiger partial charge in [0.05, 0.1) is 0 Å². The van der Waals surface area contributed by atoms with Crippen molar-refractivity contribution in [3.63, 3.8) is 0 Å². The van der Waals surface area contributed by atoms with E-state index >= 15 is 0 Å². The monoisotopic (exact) mass is 291 g/mol. The Morgan fingerprint density at radius 1 is 1.48 bits per heavy atom. The molecule has 0 N–H and O–H groups in total. The summed E-state index contributed by atoms with van der Waals surface area (Å²) in [6.07, 6.45) is 5.12. The van der Waals surface area contributed by atoms with Gasteiger partial charge in [0.15, 0.2) is 5.78 Å². The smallest absolute Gasteiger partial charge is 0.236 e. The van der Waals surface area contributed by atoms with Crippen molar-refractivity contribution in [2.45, 2.75) is 46.0 Å². The second-order valence-electron chi connectivity index (χ2n) is 6.57. The number of hydrogen-bond acceptors (Lipinski definition) is 3. The van der Waals surface area contributed by atoms with Crippen molar-refractivity contribution in [2.75, 3.05) is 13.1 Å². The van der Waals surface area contributed by atoms with Crippen LogP contribution in [0.2, 0.25) is 0 Å². The lowest BCUT2D eigenvalue weighted by Crippen LogP contribution is -2.48. The van der Waals surface area contributed by atoms with Crippen LogP contribution in [0.1, 0.15) is 46.0 Å². The van der Waals surface area contributed by atoms with Crippen molar-refractivity contribution >= 4 is 17.5 Å². The molecule has 0 radical (unpaired) electrons. The largest absolute Gasteiger partial charge is 0.338 e.